The van der Waals surface area contributed by atoms with Gasteiger partial charge in [0.1, 0.15) is 13.2 Å². The minimum atomic E-state index is -2.72. The number of esters is 1. The van der Waals surface area contributed by atoms with E-state index in [1.807, 2.05) is 13.8 Å². The number of carbonyl (C=O) groups is 2. The zero-order valence-corrected chi connectivity index (χ0v) is 19.5. The van der Waals surface area contributed by atoms with Crippen LogP contribution in [0.5, 0.6) is 0 Å². The highest BCUT2D eigenvalue weighted by Crippen LogP contribution is 2.47. The summed E-state index contributed by atoms with van der Waals surface area (Å²) in [6.07, 6.45) is -4.23. The number of hydrogen-bond acceptors (Lipinski definition) is 7. The third-order valence-electron chi connectivity index (χ3n) is 6.78. The van der Waals surface area contributed by atoms with Gasteiger partial charge in [0, 0.05) is 22.1 Å². The summed E-state index contributed by atoms with van der Waals surface area (Å²) >= 11 is 0. The first-order valence-corrected chi connectivity index (χ1v) is 11.6. The van der Waals surface area contributed by atoms with Gasteiger partial charge in [0.25, 0.3) is 12.0 Å². The highest BCUT2D eigenvalue weighted by atomic mass is 19.3. The summed E-state index contributed by atoms with van der Waals surface area (Å²) in [5.74, 6) is -1.51. The molecule has 2 unspecified atom stereocenters. The SMILES string of the molecule is CC.O=C(CO)NC1Cc2c(C(F)F)ccc3nc4c(c1c23)Cn1c-4cc2c(c1=O)COC(=O)C2O. The summed E-state index contributed by atoms with van der Waals surface area (Å²) in [7, 11) is 0. The number of benzene rings is 1. The van der Waals surface area contributed by atoms with Crippen molar-refractivity contribution in [3.63, 3.8) is 0 Å². The van der Waals surface area contributed by atoms with Crippen molar-refractivity contribution in [1.82, 2.24) is 14.9 Å². The van der Waals surface area contributed by atoms with Crippen LogP contribution < -0.4 is 10.9 Å². The topological polar surface area (TPSA) is 131 Å². The zero-order valence-electron chi connectivity index (χ0n) is 19.5. The molecule has 0 spiro atoms. The Morgan fingerprint density at radius 3 is 2.69 bits per heavy atom. The minimum Gasteiger partial charge on any atom is -0.458 e. The summed E-state index contributed by atoms with van der Waals surface area (Å²) in [4.78, 5) is 41.7. The van der Waals surface area contributed by atoms with Crippen molar-refractivity contribution < 1.29 is 33.3 Å². The molecule has 0 radical (unpaired) electrons. The van der Waals surface area contributed by atoms with Gasteiger partial charge in [-0.2, -0.15) is 0 Å². The van der Waals surface area contributed by atoms with Crippen LogP contribution in [0.15, 0.2) is 23.0 Å². The smallest absolute Gasteiger partial charge is 0.340 e. The lowest BCUT2D eigenvalue weighted by molar-refractivity contribution is -0.157. The quantitative estimate of drug-likeness (QED) is 0.368. The number of hydrogen-bond donors (Lipinski definition) is 3. The Balaban J connectivity index is 0.00000130. The zero-order chi connectivity index (χ0) is 25.9. The van der Waals surface area contributed by atoms with E-state index >= 15 is 0 Å². The number of ether oxygens (including phenoxy) is 1. The molecule has 0 bridgehead atoms. The van der Waals surface area contributed by atoms with E-state index in [1.165, 1.54) is 22.8 Å². The van der Waals surface area contributed by atoms with Gasteiger partial charge >= 0.3 is 5.97 Å². The van der Waals surface area contributed by atoms with Crippen molar-refractivity contribution in [3.8, 4) is 11.4 Å². The summed E-state index contributed by atoms with van der Waals surface area (Å²) in [5.41, 5.74) is 2.46. The molecular weight excluding hydrogens is 476 g/mol. The van der Waals surface area contributed by atoms with Crippen molar-refractivity contribution in [1.29, 1.82) is 0 Å². The predicted octanol–water partition coefficient (Wildman–Crippen LogP) is 2.18. The number of aromatic nitrogens is 2. The monoisotopic (exact) mass is 499 g/mol. The fourth-order valence-electron chi connectivity index (χ4n) is 5.32. The number of halogens is 2. The van der Waals surface area contributed by atoms with Gasteiger partial charge in [-0.1, -0.05) is 19.9 Å². The molecule has 36 heavy (non-hydrogen) atoms. The van der Waals surface area contributed by atoms with E-state index in [0.29, 0.717) is 39.0 Å². The average Bonchev–Trinajstić information content (AvgIpc) is 3.43. The molecule has 11 heteroatoms. The summed E-state index contributed by atoms with van der Waals surface area (Å²) in [5, 5.41) is 22.7. The van der Waals surface area contributed by atoms with Crippen molar-refractivity contribution in [2.45, 2.75) is 52.0 Å². The van der Waals surface area contributed by atoms with Crippen molar-refractivity contribution in [2.75, 3.05) is 6.61 Å². The van der Waals surface area contributed by atoms with Gasteiger partial charge in [0.2, 0.25) is 5.91 Å². The lowest BCUT2D eigenvalue weighted by Gasteiger charge is -2.21. The van der Waals surface area contributed by atoms with E-state index in [-0.39, 0.29) is 36.3 Å². The Hall–Kier alpha value is -3.70. The maximum absolute atomic E-state index is 13.7. The second-order valence-electron chi connectivity index (χ2n) is 8.53. The van der Waals surface area contributed by atoms with Crippen LogP contribution in [-0.2, 0) is 33.9 Å². The number of nitrogens with one attached hydrogen (secondary N) is 1. The van der Waals surface area contributed by atoms with Crippen LogP contribution in [0.3, 0.4) is 0 Å². The predicted molar refractivity (Wildman–Crippen MR) is 123 cm³/mol. The normalized spacial score (nSPS) is 18.8. The second-order valence-corrected chi connectivity index (χ2v) is 8.53. The van der Waals surface area contributed by atoms with Gasteiger partial charge in [-0.15, -0.1) is 0 Å². The van der Waals surface area contributed by atoms with Crippen molar-refractivity contribution in [3.05, 3.63) is 61.9 Å². The second kappa shape index (κ2) is 8.75. The molecule has 2 aromatic heterocycles. The lowest BCUT2D eigenvalue weighted by Crippen LogP contribution is -2.32. The van der Waals surface area contributed by atoms with E-state index in [2.05, 4.69) is 10.3 Å². The maximum atomic E-state index is 13.7. The first-order chi connectivity index (χ1) is 17.3. The number of aliphatic hydroxyl groups is 2. The van der Waals surface area contributed by atoms with E-state index < -0.39 is 42.6 Å². The molecule has 2 atom stereocenters. The third-order valence-corrected chi connectivity index (χ3v) is 6.78. The van der Waals surface area contributed by atoms with E-state index in [1.54, 1.807) is 0 Å². The third kappa shape index (κ3) is 3.34. The molecule has 3 N–H and O–H groups in total. The van der Waals surface area contributed by atoms with E-state index in [4.69, 9.17) is 4.74 Å². The number of amides is 1. The summed E-state index contributed by atoms with van der Waals surface area (Å²) in [6.45, 7) is 3.05. The highest BCUT2D eigenvalue weighted by molar-refractivity contribution is 5.95. The number of aliphatic hydroxyl groups excluding tert-OH is 2. The van der Waals surface area contributed by atoms with Crippen molar-refractivity contribution in [2.24, 2.45) is 0 Å². The number of alkyl halides is 2. The van der Waals surface area contributed by atoms with Crippen LogP contribution in [0.2, 0.25) is 0 Å². The van der Waals surface area contributed by atoms with Crippen molar-refractivity contribution >= 4 is 22.8 Å². The average molecular weight is 499 g/mol. The number of nitrogens with zero attached hydrogens (tertiary/aromatic N) is 2. The molecule has 1 aliphatic carbocycles. The lowest BCUT2D eigenvalue weighted by atomic mass is 9.97. The van der Waals surface area contributed by atoms with Gasteiger partial charge in [-0.3, -0.25) is 9.59 Å². The molecule has 0 fully saturated rings. The van der Waals surface area contributed by atoms with Crippen LogP contribution in [-0.4, -0.2) is 38.2 Å². The van der Waals surface area contributed by atoms with Gasteiger partial charge in [-0.25, -0.2) is 18.6 Å². The molecule has 4 heterocycles. The molecule has 2 aliphatic heterocycles. The Labute approximate surface area is 203 Å². The molecule has 0 saturated carbocycles. The minimum absolute atomic E-state index is 0.0724. The largest absolute Gasteiger partial charge is 0.458 e. The molecule has 3 aliphatic rings. The fraction of sp³-hybridized carbons (Fsp3) is 0.360. The van der Waals surface area contributed by atoms with Crippen LogP contribution in [0, 0.1) is 0 Å². The van der Waals surface area contributed by atoms with Crippen LogP contribution >= 0.6 is 0 Å². The maximum Gasteiger partial charge on any atom is 0.340 e. The molecule has 1 aromatic carbocycles. The molecule has 6 rings (SSSR count). The highest BCUT2D eigenvalue weighted by Gasteiger charge is 2.39. The standard InChI is InChI=1S/C23H17F2N3O6.C2H6/c24-21(25)8-1-2-13-17-9(8)3-14(26-16(30)6-29)18(17)11-5-28-15(19(11)27-13)4-10-12(22(28)32)7-34-23(33)20(10)31;1-2/h1-2,4,14,20-21,29,31H,3,5-7H2,(H,26,30);1-2H3. The van der Waals surface area contributed by atoms with Gasteiger partial charge < -0.3 is 24.8 Å². The Morgan fingerprint density at radius 1 is 1.25 bits per heavy atom. The molecule has 188 valence electrons. The van der Waals surface area contributed by atoms with Gasteiger partial charge in [0.15, 0.2) is 6.10 Å². The number of pyridine rings is 2. The summed E-state index contributed by atoms with van der Waals surface area (Å²) < 4.78 is 33.8. The van der Waals surface area contributed by atoms with Gasteiger partial charge in [0.05, 0.1) is 35.1 Å². The van der Waals surface area contributed by atoms with Crippen LogP contribution in [0.25, 0.3) is 22.3 Å². The molecule has 0 saturated heterocycles. The Kier molecular flexibility index (Phi) is 5.84. The number of cyclic esters (lactones) is 1. The number of rotatable bonds is 3. The molecular formula is C25H23F2N3O6. The summed E-state index contributed by atoms with van der Waals surface area (Å²) in [6, 6.07) is 3.62. The number of fused-ring (bicyclic) bond motifs is 5. The Morgan fingerprint density at radius 2 is 2.00 bits per heavy atom. The first kappa shape index (κ1) is 24.0. The van der Waals surface area contributed by atoms with Crippen LogP contribution in [0.4, 0.5) is 8.78 Å². The number of carbonyl (C=O) groups excluding carboxylic acids is 2. The van der Waals surface area contributed by atoms with E-state index in [9.17, 15) is 33.4 Å². The Bertz CT molecular complexity index is 1500. The van der Waals surface area contributed by atoms with Crippen LogP contribution in [0.1, 0.15) is 65.8 Å². The van der Waals surface area contributed by atoms with Gasteiger partial charge in [-0.05, 0) is 29.7 Å². The molecule has 3 aromatic rings. The molecule has 1 amide bonds. The van der Waals surface area contributed by atoms with E-state index in [0.717, 1.165) is 0 Å². The first-order valence-electron chi connectivity index (χ1n) is 11.6. The molecule has 9 nitrogen and oxygen atoms in total. The fourth-order valence-corrected chi connectivity index (χ4v) is 5.32.